The largest absolute Gasteiger partial charge is 0.341 e. The Balaban J connectivity index is 1.56. The van der Waals surface area contributed by atoms with Gasteiger partial charge in [0, 0.05) is 18.8 Å². The molecular weight excluding hydrogens is 404 g/mol. The lowest BCUT2D eigenvalue weighted by atomic mass is 10.2. The molecule has 0 amide bonds. The standard InChI is InChI=1S/C21H24N4O2S2/c1-17-9-11-18(12-10-17)25-20(24-13-5-6-14-24)22-23-21(25)28-15-16-29(26,27)19-7-3-2-4-8-19/h2-4,7-12H,5-6,13-16H2,1H3. The van der Waals surface area contributed by atoms with Gasteiger partial charge in [0.25, 0.3) is 0 Å². The smallest absolute Gasteiger partial charge is 0.232 e. The number of nitrogens with zero attached hydrogens (tertiary/aromatic N) is 4. The minimum atomic E-state index is -3.31. The maximum absolute atomic E-state index is 12.6. The van der Waals surface area contributed by atoms with Gasteiger partial charge in [-0.05, 0) is 44.0 Å². The van der Waals surface area contributed by atoms with Gasteiger partial charge in [-0.15, -0.1) is 10.2 Å². The van der Waals surface area contributed by atoms with Crippen molar-refractivity contribution in [2.75, 3.05) is 29.5 Å². The Bertz CT molecular complexity index is 1060. The van der Waals surface area contributed by atoms with E-state index in [1.54, 1.807) is 24.3 Å². The predicted molar refractivity (Wildman–Crippen MR) is 117 cm³/mol. The Morgan fingerprint density at radius 2 is 1.66 bits per heavy atom. The molecule has 0 atom stereocenters. The lowest BCUT2D eigenvalue weighted by Gasteiger charge is -2.18. The molecule has 1 aliphatic rings. The molecule has 6 nitrogen and oxygen atoms in total. The second-order valence-electron chi connectivity index (χ2n) is 7.13. The van der Waals surface area contributed by atoms with E-state index in [4.69, 9.17) is 0 Å². The number of anilines is 1. The van der Waals surface area contributed by atoms with Crippen LogP contribution in [0.5, 0.6) is 0 Å². The number of benzene rings is 2. The Hall–Kier alpha value is -2.32. The van der Waals surface area contributed by atoms with E-state index >= 15 is 0 Å². The molecule has 29 heavy (non-hydrogen) atoms. The summed E-state index contributed by atoms with van der Waals surface area (Å²) in [6, 6.07) is 16.8. The van der Waals surface area contributed by atoms with Crippen LogP contribution >= 0.6 is 11.8 Å². The lowest BCUT2D eigenvalue weighted by molar-refractivity contribution is 0.597. The minimum Gasteiger partial charge on any atom is -0.341 e. The summed E-state index contributed by atoms with van der Waals surface area (Å²) in [5.41, 5.74) is 2.18. The molecule has 0 saturated carbocycles. The number of aromatic nitrogens is 3. The maximum atomic E-state index is 12.6. The summed E-state index contributed by atoms with van der Waals surface area (Å²) in [7, 11) is -3.31. The van der Waals surface area contributed by atoms with Gasteiger partial charge in [0.15, 0.2) is 15.0 Å². The van der Waals surface area contributed by atoms with Gasteiger partial charge >= 0.3 is 0 Å². The van der Waals surface area contributed by atoms with Crippen LogP contribution in [0.1, 0.15) is 18.4 Å². The number of hydrogen-bond donors (Lipinski definition) is 0. The Labute approximate surface area is 175 Å². The van der Waals surface area contributed by atoms with E-state index in [0.29, 0.717) is 10.6 Å². The summed E-state index contributed by atoms with van der Waals surface area (Å²) in [5.74, 6) is 1.31. The van der Waals surface area contributed by atoms with Crippen molar-refractivity contribution >= 4 is 27.5 Å². The fourth-order valence-electron chi connectivity index (χ4n) is 3.39. The summed E-state index contributed by atoms with van der Waals surface area (Å²) < 4.78 is 27.2. The normalized spacial score (nSPS) is 14.4. The molecular formula is C21H24N4O2S2. The van der Waals surface area contributed by atoms with Crippen LogP contribution in [-0.2, 0) is 9.84 Å². The molecule has 1 aromatic heterocycles. The zero-order valence-electron chi connectivity index (χ0n) is 16.4. The molecule has 4 rings (SSSR count). The second-order valence-corrected chi connectivity index (χ2v) is 10.3. The first kappa shape index (κ1) is 20.0. The molecule has 0 unspecified atom stereocenters. The van der Waals surface area contributed by atoms with Gasteiger partial charge in [-0.25, -0.2) is 8.42 Å². The highest BCUT2D eigenvalue weighted by Crippen LogP contribution is 2.29. The fraction of sp³-hybridized carbons (Fsp3) is 0.333. The molecule has 1 fully saturated rings. The van der Waals surface area contributed by atoms with Gasteiger partial charge in [-0.1, -0.05) is 47.7 Å². The van der Waals surface area contributed by atoms with E-state index in [9.17, 15) is 8.42 Å². The quantitative estimate of drug-likeness (QED) is 0.534. The number of hydrogen-bond acceptors (Lipinski definition) is 6. The molecule has 152 valence electrons. The molecule has 0 aliphatic carbocycles. The van der Waals surface area contributed by atoms with Crippen LogP contribution in [0.4, 0.5) is 5.95 Å². The summed E-state index contributed by atoms with van der Waals surface area (Å²) in [5, 5.41) is 9.55. The van der Waals surface area contributed by atoms with Crippen LogP contribution in [-0.4, -0.2) is 47.8 Å². The minimum absolute atomic E-state index is 0.0570. The van der Waals surface area contributed by atoms with E-state index in [2.05, 4.69) is 46.3 Å². The third-order valence-electron chi connectivity index (χ3n) is 4.98. The third kappa shape index (κ3) is 4.48. The fourth-order valence-corrected chi connectivity index (χ4v) is 6.00. The first-order valence-corrected chi connectivity index (χ1v) is 12.4. The van der Waals surface area contributed by atoms with E-state index in [1.807, 2.05) is 10.6 Å². The van der Waals surface area contributed by atoms with E-state index in [1.165, 1.54) is 17.3 Å². The van der Waals surface area contributed by atoms with E-state index < -0.39 is 9.84 Å². The molecule has 8 heteroatoms. The Kier molecular flexibility index (Phi) is 5.91. The van der Waals surface area contributed by atoms with Crippen molar-refractivity contribution in [3.8, 4) is 5.69 Å². The van der Waals surface area contributed by atoms with Gasteiger partial charge in [0.2, 0.25) is 5.95 Å². The molecule has 0 radical (unpaired) electrons. The van der Waals surface area contributed by atoms with Crippen molar-refractivity contribution in [1.82, 2.24) is 14.8 Å². The van der Waals surface area contributed by atoms with Crippen LogP contribution in [0.2, 0.25) is 0 Å². The zero-order chi connectivity index (χ0) is 20.3. The van der Waals surface area contributed by atoms with Gasteiger partial charge < -0.3 is 4.90 Å². The summed E-state index contributed by atoms with van der Waals surface area (Å²) in [6.07, 6.45) is 2.30. The highest BCUT2D eigenvalue weighted by atomic mass is 32.2. The van der Waals surface area contributed by atoms with Crippen molar-refractivity contribution in [3.63, 3.8) is 0 Å². The van der Waals surface area contributed by atoms with E-state index in [-0.39, 0.29) is 5.75 Å². The molecule has 0 N–H and O–H groups in total. The Morgan fingerprint density at radius 1 is 0.966 bits per heavy atom. The zero-order valence-corrected chi connectivity index (χ0v) is 18.0. The van der Waals surface area contributed by atoms with Crippen LogP contribution in [0.15, 0.2) is 64.6 Å². The van der Waals surface area contributed by atoms with Crippen molar-refractivity contribution in [1.29, 1.82) is 0 Å². The average Bonchev–Trinajstić information content (AvgIpc) is 3.39. The van der Waals surface area contributed by atoms with Crippen molar-refractivity contribution in [2.45, 2.75) is 29.8 Å². The van der Waals surface area contributed by atoms with E-state index in [0.717, 1.165) is 42.7 Å². The van der Waals surface area contributed by atoms with Crippen LogP contribution in [0, 0.1) is 6.92 Å². The predicted octanol–water partition coefficient (Wildman–Crippen LogP) is 3.74. The summed E-state index contributed by atoms with van der Waals surface area (Å²) >= 11 is 1.43. The topological polar surface area (TPSA) is 68.1 Å². The molecule has 2 aromatic carbocycles. The highest BCUT2D eigenvalue weighted by Gasteiger charge is 2.23. The first-order chi connectivity index (χ1) is 14.0. The summed E-state index contributed by atoms with van der Waals surface area (Å²) in [6.45, 7) is 4.00. The van der Waals surface area contributed by atoms with Gasteiger partial charge in [-0.2, -0.15) is 0 Å². The third-order valence-corrected chi connectivity index (χ3v) is 7.90. The van der Waals surface area contributed by atoms with Crippen LogP contribution in [0.3, 0.4) is 0 Å². The maximum Gasteiger partial charge on any atom is 0.232 e. The monoisotopic (exact) mass is 428 g/mol. The first-order valence-electron chi connectivity index (χ1n) is 9.73. The van der Waals surface area contributed by atoms with Crippen LogP contribution < -0.4 is 4.90 Å². The molecule has 1 saturated heterocycles. The van der Waals surface area contributed by atoms with Crippen molar-refractivity contribution in [2.24, 2.45) is 0 Å². The second kappa shape index (κ2) is 8.59. The molecule has 1 aliphatic heterocycles. The van der Waals surface area contributed by atoms with Crippen molar-refractivity contribution in [3.05, 3.63) is 60.2 Å². The highest BCUT2D eigenvalue weighted by molar-refractivity contribution is 8.00. The number of rotatable bonds is 7. The Morgan fingerprint density at radius 3 is 2.34 bits per heavy atom. The molecule has 0 spiro atoms. The molecule has 2 heterocycles. The molecule has 3 aromatic rings. The van der Waals surface area contributed by atoms with Crippen LogP contribution in [0.25, 0.3) is 5.69 Å². The van der Waals surface area contributed by atoms with Gasteiger partial charge in [0.1, 0.15) is 0 Å². The number of aryl methyl sites for hydroxylation is 1. The summed E-state index contributed by atoms with van der Waals surface area (Å²) in [4.78, 5) is 2.61. The SMILES string of the molecule is Cc1ccc(-n2c(SCCS(=O)(=O)c3ccccc3)nnc2N2CCCC2)cc1. The molecule has 0 bridgehead atoms. The van der Waals surface area contributed by atoms with Gasteiger partial charge in [-0.3, -0.25) is 4.57 Å². The number of sulfone groups is 1. The van der Waals surface area contributed by atoms with Crippen molar-refractivity contribution < 1.29 is 8.42 Å². The lowest BCUT2D eigenvalue weighted by Crippen LogP contribution is -2.22. The average molecular weight is 429 g/mol. The van der Waals surface area contributed by atoms with Gasteiger partial charge in [0.05, 0.1) is 16.3 Å². The number of thioether (sulfide) groups is 1.